The molecule has 1 heterocycles. The zero-order valence-corrected chi connectivity index (χ0v) is 17.3. The number of carboxylic acid groups (broad SMARTS) is 1. The lowest BCUT2D eigenvalue weighted by molar-refractivity contribution is -0.273. The average Bonchev–Trinajstić information content (AvgIpc) is 2.68. The summed E-state index contributed by atoms with van der Waals surface area (Å²) >= 11 is 0. The van der Waals surface area contributed by atoms with Gasteiger partial charge in [0.2, 0.25) is 0 Å². The molecule has 0 saturated carbocycles. The fourth-order valence-corrected chi connectivity index (χ4v) is 3.18. The van der Waals surface area contributed by atoms with Crippen molar-refractivity contribution in [3.8, 4) is 5.75 Å². The number of unbranched alkanes of at least 4 members (excludes halogenated alkanes) is 2. The number of aliphatic hydroxyl groups excluding tert-OH is 1. The first-order chi connectivity index (χ1) is 14.3. The molecule has 1 aliphatic heterocycles. The standard InChI is InChI=1S/C22H30O8/c1-14(7-5-3-4-6-8-20(25)26)28-22-18(24)13-19(15(2)29-22)30-21(27)16-9-11-17(23)12-10-16/h6,8-12,14-15,18-19,22-24H,3-5,7,13H2,1-2H3,(H,25,26)/t14-,15?,18?,19+,22+/m0/s1. The van der Waals surface area contributed by atoms with Crippen LogP contribution in [0.25, 0.3) is 0 Å². The van der Waals surface area contributed by atoms with Gasteiger partial charge >= 0.3 is 11.9 Å². The van der Waals surface area contributed by atoms with Crippen molar-refractivity contribution in [3.63, 3.8) is 0 Å². The Morgan fingerprint density at radius 2 is 1.97 bits per heavy atom. The largest absolute Gasteiger partial charge is 0.508 e. The molecule has 8 nitrogen and oxygen atoms in total. The predicted octanol–water partition coefficient (Wildman–Crippen LogP) is 3.02. The van der Waals surface area contributed by atoms with E-state index >= 15 is 0 Å². The van der Waals surface area contributed by atoms with Gasteiger partial charge in [0, 0.05) is 12.5 Å². The number of phenolic OH excluding ortho intramolecular Hbond substituents is 1. The molecule has 30 heavy (non-hydrogen) atoms. The summed E-state index contributed by atoms with van der Waals surface area (Å²) in [6, 6.07) is 5.74. The maximum atomic E-state index is 12.3. The van der Waals surface area contributed by atoms with Gasteiger partial charge in [0.25, 0.3) is 0 Å². The summed E-state index contributed by atoms with van der Waals surface area (Å²) < 4.78 is 17.0. The predicted molar refractivity (Wildman–Crippen MR) is 108 cm³/mol. The van der Waals surface area contributed by atoms with Crippen LogP contribution in [-0.2, 0) is 19.0 Å². The molecule has 0 aliphatic carbocycles. The molecule has 1 aliphatic rings. The van der Waals surface area contributed by atoms with Crippen LogP contribution in [-0.4, -0.2) is 58.0 Å². The van der Waals surface area contributed by atoms with E-state index in [1.165, 1.54) is 24.3 Å². The van der Waals surface area contributed by atoms with Crippen LogP contribution in [0.15, 0.2) is 36.4 Å². The van der Waals surface area contributed by atoms with Crippen molar-refractivity contribution >= 4 is 11.9 Å². The maximum absolute atomic E-state index is 12.3. The monoisotopic (exact) mass is 422 g/mol. The van der Waals surface area contributed by atoms with E-state index in [2.05, 4.69) is 0 Å². The van der Waals surface area contributed by atoms with E-state index in [0.29, 0.717) is 12.0 Å². The Morgan fingerprint density at radius 1 is 1.27 bits per heavy atom. The SMILES string of the molecule is CC1O[C@@H](O[C@@H](C)CCCCC=CC(=O)O)C(O)C[C@H]1OC(=O)c1ccc(O)cc1. The number of rotatable bonds is 10. The molecule has 1 fully saturated rings. The number of allylic oxidation sites excluding steroid dienone is 1. The minimum Gasteiger partial charge on any atom is -0.508 e. The second-order valence-electron chi connectivity index (χ2n) is 7.48. The second kappa shape index (κ2) is 11.7. The van der Waals surface area contributed by atoms with Gasteiger partial charge < -0.3 is 29.5 Å². The number of benzene rings is 1. The third kappa shape index (κ3) is 7.78. The highest BCUT2D eigenvalue weighted by Gasteiger charge is 2.38. The highest BCUT2D eigenvalue weighted by molar-refractivity contribution is 5.89. The lowest BCUT2D eigenvalue weighted by Crippen LogP contribution is -2.49. The topological polar surface area (TPSA) is 123 Å². The van der Waals surface area contributed by atoms with Crippen LogP contribution >= 0.6 is 0 Å². The quantitative estimate of drug-likeness (QED) is 0.299. The molecule has 1 aromatic rings. The number of aliphatic hydroxyl groups is 1. The number of hydrogen-bond acceptors (Lipinski definition) is 7. The Kier molecular flexibility index (Phi) is 9.29. The lowest BCUT2D eigenvalue weighted by atomic mass is 10.0. The number of aromatic hydroxyl groups is 1. The summed E-state index contributed by atoms with van der Waals surface area (Å²) in [5, 5.41) is 28.2. The molecule has 8 heteroatoms. The van der Waals surface area contributed by atoms with Gasteiger partial charge in [-0.25, -0.2) is 9.59 Å². The van der Waals surface area contributed by atoms with E-state index in [1.54, 1.807) is 13.0 Å². The number of carboxylic acids is 1. The minimum atomic E-state index is -0.948. The van der Waals surface area contributed by atoms with Gasteiger partial charge in [-0.3, -0.25) is 0 Å². The van der Waals surface area contributed by atoms with E-state index in [4.69, 9.17) is 19.3 Å². The van der Waals surface area contributed by atoms with Crippen LogP contribution in [0.4, 0.5) is 0 Å². The summed E-state index contributed by atoms with van der Waals surface area (Å²) in [6.45, 7) is 3.65. The number of aliphatic carboxylic acids is 1. The lowest BCUT2D eigenvalue weighted by Gasteiger charge is -2.38. The summed E-state index contributed by atoms with van der Waals surface area (Å²) in [5.74, 6) is -1.44. The molecule has 1 aromatic carbocycles. The first-order valence-electron chi connectivity index (χ1n) is 10.1. The average molecular weight is 422 g/mol. The number of esters is 1. The first kappa shape index (κ1) is 23.9. The summed E-state index contributed by atoms with van der Waals surface area (Å²) in [7, 11) is 0. The van der Waals surface area contributed by atoms with E-state index in [1.807, 2.05) is 6.92 Å². The number of carbonyl (C=O) groups is 2. The van der Waals surface area contributed by atoms with Gasteiger partial charge in [0.05, 0.1) is 17.8 Å². The van der Waals surface area contributed by atoms with Gasteiger partial charge in [0.1, 0.15) is 18.0 Å². The normalized spacial score (nSPS) is 25.2. The molecular formula is C22H30O8. The van der Waals surface area contributed by atoms with Crippen LogP contribution in [0, 0.1) is 0 Å². The molecule has 0 bridgehead atoms. The zero-order valence-electron chi connectivity index (χ0n) is 17.3. The maximum Gasteiger partial charge on any atom is 0.338 e. The van der Waals surface area contributed by atoms with Crippen molar-refractivity contribution in [2.75, 3.05) is 0 Å². The smallest absolute Gasteiger partial charge is 0.338 e. The molecule has 2 unspecified atom stereocenters. The Morgan fingerprint density at radius 3 is 2.63 bits per heavy atom. The molecule has 3 N–H and O–H groups in total. The third-order valence-electron chi connectivity index (χ3n) is 4.88. The number of hydrogen-bond donors (Lipinski definition) is 3. The van der Waals surface area contributed by atoms with Crippen LogP contribution in [0.2, 0.25) is 0 Å². The summed E-state index contributed by atoms with van der Waals surface area (Å²) in [5.41, 5.74) is 0.305. The third-order valence-corrected chi connectivity index (χ3v) is 4.88. The van der Waals surface area contributed by atoms with Crippen molar-refractivity contribution in [1.29, 1.82) is 0 Å². The Hall–Kier alpha value is -2.42. The van der Waals surface area contributed by atoms with Crippen molar-refractivity contribution in [2.24, 2.45) is 0 Å². The molecule has 0 radical (unpaired) electrons. The van der Waals surface area contributed by atoms with Crippen LogP contribution in [0.5, 0.6) is 5.75 Å². The van der Waals surface area contributed by atoms with Crippen LogP contribution in [0.1, 0.15) is 56.3 Å². The van der Waals surface area contributed by atoms with Gasteiger partial charge in [-0.15, -0.1) is 0 Å². The minimum absolute atomic E-state index is 0.0576. The van der Waals surface area contributed by atoms with Gasteiger partial charge in [-0.05, 0) is 57.4 Å². The highest BCUT2D eigenvalue weighted by Crippen LogP contribution is 2.26. The Labute approximate surface area is 176 Å². The molecule has 5 atom stereocenters. The van der Waals surface area contributed by atoms with E-state index < -0.39 is 36.5 Å². The Balaban J connectivity index is 1.75. The fraction of sp³-hybridized carbons (Fsp3) is 0.545. The Bertz CT molecular complexity index is 714. The summed E-state index contributed by atoms with van der Waals surface area (Å²) in [4.78, 5) is 22.7. The van der Waals surface area contributed by atoms with Crippen LogP contribution < -0.4 is 0 Å². The molecule has 0 spiro atoms. The zero-order chi connectivity index (χ0) is 22.1. The number of ether oxygens (including phenoxy) is 3. The first-order valence-corrected chi connectivity index (χ1v) is 10.1. The second-order valence-corrected chi connectivity index (χ2v) is 7.48. The van der Waals surface area contributed by atoms with Gasteiger partial charge in [-0.2, -0.15) is 0 Å². The van der Waals surface area contributed by atoms with Crippen molar-refractivity contribution in [1.82, 2.24) is 0 Å². The molecule has 0 amide bonds. The molecule has 0 aromatic heterocycles. The van der Waals surface area contributed by atoms with Gasteiger partial charge in [-0.1, -0.05) is 12.5 Å². The highest BCUT2D eigenvalue weighted by atomic mass is 16.7. The molecule has 1 saturated heterocycles. The molecular weight excluding hydrogens is 392 g/mol. The van der Waals surface area contributed by atoms with Crippen molar-refractivity contribution < 1.29 is 39.1 Å². The van der Waals surface area contributed by atoms with Crippen molar-refractivity contribution in [2.45, 2.75) is 76.7 Å². The van der Waals surface area contributed by atoms with Crippen molar-refractivity contribution in [3.05, 3.63) is 42.0 Å². The molecule has 166 valence electrons. The fourth-order valence-electron chi connectivity index (χ4n) is 3.18. The van der Waals surface area contributed by atoms with E-state index in [0.717, 1.165) is 25.3 Å². The van der Waals surface area contributed by atoms with E-state index in [-0.39, 0.29) is 18.3 Å². The molecule has 2 rings (SSSR count). The van der Waals surface area contributed by atoms with Crippen LogP contribution in [0.3, 0.4) is 0 Å². The summed E-state index contributed by atoms with van der Waals surface area (Å²) in [6.07, 6.45) is 3.16. The number of phenols is 1. The van der Waals surface area contributed by atoms with Gasteiger partial charge in [0.15, 0.2) is 6.29 Å². The number of carbonyl (C=O) groups excluding carboxylic acids is 1. The van der Waals surface area contributed by atoms with E-state index in [9.17, 15) is 19.8 Å².